The molecule has 0 saturated carbocycles. The molecule has 1 N–H and O–H groups in total. The number of aromatic nitrogens is 2. The second kappa shape index (κ2) is 11.6. The number of nitro benzene ring substituents is 2. The summed E-state index contributed by atoms with van der Waals surface area (Å²) >= 11 is 0. The van der Waals surface area contributed by atoms with E-state index in [0.29, 0.717) is 33.0 Å². The Morgan fingerprint density at radius 3 is 2.31 bits per heavy atom. The highest BCUT2D eigenvalue weighted by atomic mass is 19.1. The summed E-state index contributed by atoms with van der Waals surface area (Å²) in [6, 6.07) is 11.7. The van der Waals surface area contributed by atoms with Crippen molar-refractivity contribution in [3.8, 4) is 5.75 Å². The summed E-state index contributed by atoms with van der Waals surface area (Å²) in [6.45, 7) is 0. The van der Waals surface area contributed by atoms with E-state index >= 15 is 0 Å². The number of nitrogens with zero attached hydrogens (tertiary/aromatic N) is 7. The molecule has 0 aliphatic rings. The normalized spacial score (nSPS) is 11.3. The first kappa shape index (κ1) is 29.0. The van der Waals surface area contributed by atoms with Gasteiger partial charge in [0, 0.05) is 24.9 Å². The zero-order valence-electron chi connectivity index (χ0n) is 22.2. The van der Waals surface area contributed by atoms with Crippen molar-refractivity contribution >= 4 is 33.7 Å². The number of benzene rings is 3. The maximum atomic E-state index is 14.9. The number of halogens is 1. The van der Waals surface area contributed by atoms with Gasteiger partial charge in [0.1, 0.15) is 17.6 Å². The minimum Gasteiger partial charge on any atom is -0.569 e. The van der Waals surface area contributed by atoms with Crippen molar-refractivity contribution in [2.75, 3.05) is 26.0 Å². The summed E-state index contributed by atoms with van der Waals surface area (Å²) in [6.07, 6.45) is 0.0936. The van der Waals surface area contributed by atoms with Crippen LogP contribution >= 0.6 is 0 Å². The number of carbonyl (C=O) groups is 1. The van der Waals surface area contributed by atoms with Crippen LogP contribution in [0.5, 0.6) is 5.75 Å². The van der Waals surface area contributed by atoms with Crippen LogP contribution in [-0.4, -0.2) is 57.1 Å². The molecule has 1 amide bonds. The molecule has 4 aromatic rings. The summed E-state index contributed by atoms with van der Waals surface area (Å²) < 4.78 is 14.9. The molecule has 216 valence electrons. The third kappa shape index (κ3) is 5.79. The van der Waals surface area contributed by atoms with Crippen LogP contribution in [0.2, 0.25) is 0 Å². The highest BCUT2D eigenvalue weighted by Gasteiger charge is 2.31. The Labute approximate surface area is 234 Å². The van der Waals surface area contributed by atoms with Gasteiger partial charge in [-0.3, -0.25) is 34.7 Å². The molecule has 0 spiro atoms. The smallest absolute Gasteiger partial charge is 0.321 e. The molecule has 0 atom stereocenters. The first-order chi connectivity index (χ1) is 19.9. The maximum Gasteiger partial charge on any atom is 0.321 e. The van der Waals surface area contributed by atoms with Crippen LogP contribution in [0, 0.1) is 31.3 Å². The van der Waals surface area contributed by atoms with Gasteiger partial charge in [0.2, 0.25) is 11.0 Å². The fraction of sp³-hybridized carbons (Fsp3) is 0.160. The van der Waals surface area contributed by atoms with Gasteiger partial charge in [-0.1, -0.05) is 24.3 Å². The predicted octanol–water partition coefficient (Wildman–Crippen LogP) is 3.48. The van der Waals surface area contributed by atoms with E-state index in [1.807, 2.05) is 0 Å². The van der Waals surface area contributed by atoms with E-state index in [1.54, 1.807) is 24.3 Å². The number of amides is 1. The Hall–Kier alpha value is -6.00. The first-order valence-corrected chi connectivity index (χ1v) is 11.9. The van der Waals surface area contributed by atoms with Gasteiger partial charge in [-0.05, 0) is 23.8 Å². The molecule has 0 aliphatic heterocycles. The Bertz CT molecular complexity index is 1820. The summed E-state index contributed by atoms with van der Waals surface area (Å²) in [4.78, 5) is 52.4. The van der Waals surface area contributed by atoms with Crippen LogP contribution in [0.25, 0.3) is 10.8 Å². The van der Waals surface area contributed by atoms with Crippen LogP contribution in [0.15, 0.2) is 64.7 Å². The van der Waals surface area contributed by atoms with Gasteiger partial charge in [-0.25, -0.2) is 9.49 Å². The average molecular weight is 580 g/mol. The molecular formula is C25H21FN8O8. The molecule has 0 fully saturated rings. The number of carbonyl (C=O) groups excluding carboxylic acids is 1. The van der Waals surface area contributed by atoms with E-state index in [0.717, 1.165) is 24.2 Å². The van der Waals surface area contributed by atoms with Gasteiger partial charge in [-0.2, -0.15) is 10.1 Å². The van der Waals surface area contributed by atoms with Crippen molar-refractivity contribution in [3.05, 3.63) is 113 Å². The number of anilines is 1. The molecule has 0 unspecified atom stereocenters. The van der Waals surface area contributed by atoms with Gasteiger partial charge in [-0.15, -0.1) is 0 Å². The lowest BCUT2D eigenvalue weighted by atomic mass is 10.0. The van der Waals surface area contributed by atoms with E-state index in [4.69, 9.17) is 4.84 Å². The molecule has 17 heteroatoms. The number of hydrazine groups is 1. The summed E-state index contributed by atoms with van der Waals surface area (Å²) in [5.41, 5.74) is -2.25. The Morgan fingerprint density at radius 1 is 1.00 bits per heavy atom. The van der Waals surface area contributed by atoms with Crippen LogP contribution < -0.4 is 15.3 Å². The molecule has 16 nitrogen and oxygen atoms in total. The zero-order valence-corrected chi connectivity index (χ0v) is 22.2. The molecule has 1 aromatic heterocycles. The van der Waals surface area contributed by atoms with E-state index in [2.05, 4.69) is 15.5 Å². The standard InChI is InChI=1S/C25H21FN8O8/c1-30(2)34(41)29-42-23-13-20(21(32(37)38)12-22(23)33(39)40)31(3)25(36)17-10-14(8-9-18(17)26)11-19-15-6-4-5-7-16(15)24(35)28-27-19/h4-10,12-13H,11H2,1-3H3,(H,28,35)/b34-29-. The van der Waals surface area contributed by atoms with Crippen LogP contribution in [0.4, 0.5) is 21.5 Å². The van der Waals surface area contributed by atoms with Gasteiger partial charge in [0.05, 0.1) is 45.6 Å². The van der Waals surface area contributed by atoms with E-state index in [-0.39, 0.29) is 11.4 Å². The number of hydrogen-bond donors (Lipinski definition) is 1. The molecule has 0 aliphatic carbocycles. The molecule has 0 radical (unpaired) electrons. The lowest BCUT2D eigenvalue weighted by molar-refractivity contribution is -0.695. The number of aromatic amines is 1. The van der Waals surface area contributed by atoms with Gasteiger partial charge in [0.25, 0.3) is 17.2 Å². The summed E-state index contributed by atoms with van der Waals surface area (Å²) in [7, 11) is 3.71. The quantitative estimate of drug-likeness (QED) is 0.132. The third-order valence-corrected chi connectivity index (χ3v) is 6.07. The number of nitrogens with one attached hydrogen (secondary N) is 1. The molecule has 0 saturated heterocycles. The minimum atomic E-state index is -1.03. The largest absolute Gasteiger partial charge is 0.569 e. The number of fused-ring (bicyclic) bond motifs is 1. The second-order valence-electron chi connectivity index (χ2n) is 9.00. The van der Waals surface area contributed by atoms with Gasteiger partial charge < -0.3 is 10.1 Å². The Balaban J connectivity index is 1.74. The number of H-pyrrole nitrogens is 1. The third-order valence-electron chi connectivity index (χ3n) is 6.07. The molecule has 0 bridgehead atoms. The topological polar surface area (TPSA) is 203 Å². The van der Waals surface area contributed by atoms with Crippen LogP contribution in [-0.2, 0) is 6.42 Å². The Kier molecular flexibility index (Phi) is 8.02. The van der Waals surface area contributed by atoms with Crippen molar-refractivity contribution in [3.63, 3.8) is 0 Å². The zero-order chi connectivity index (χ0) is 30.7. The minimum absolute atomic E-state index is 0.0546. The number of rotatable bonds is 9. The van der Waals surface area contributed by atoms with Crippen molar-refractivity contribution in [1.82, 2.24) is 15.2 Å². The van der Waals surface area contributed by atoms with Crippen molar-refractivity contribution < 1.29 is 28.8 Å². The SMILES string of the molecule is CN(C(=O)c1cc(Cc2n[nH]c(=O)c3ccccc23)ccc1F)c1cc(O/N=[N+](\[O-])N(C)C)c([N+](=O)[O-])cc1[N+](=O)[O-]. The summed E-state index contributed by atoms with van der Waals surface area (Å²) in [5.74, 6) is -2.67. The second-order valence-corrected chi connectivity index (χ2v) is 9.00. The monoisotopic (exact) mass is 580 g/mol. The van der Waals surface area contributed by atoms with Crippen molar-refractivity contribution in [2.45, 2.75) is 6.42 Å². The summed E-state index contributed by atoms with van der Waals surface area (Å²) in [5, 5.41) is 46.6. The van der Waals surface area contributed by atoms with Crippen LogP contribution in [0.1, 0.15) is 21.6 Å². The lowest BCUT2D eigenvalue weighted by Crippen LogP contribution is -2.28. The highest BCUT2D eigenvalue weighted by molar-refractivity contribution is 6.07. The van der Waals surface area contributed by atoms with Gasteiger partial charge in [0.15, 0.2) is 0 Å². The van der Waals surface area contributed by atoms with Crippen LogP contribution in [0.3, 0.4) is 0 Å². The van der Waals surface area contributed by atoms with E-state index in [9.17, 15) is 39.4 Å². The number of hydrogen-bond acceptors (Lipinski definition) is 10. The number of nitro groups is 2. The first-order valence-electron chi connectivity index (χ1n) is 11.9. The molecule has 42 heavy (non-hydrogen) atoms. The molecule has 3 aromatic carbocycles. The molecule has 1 heterocycles. The van der Waals surface area contributed by atoms with Crippen molar-refractivity contribution in [2.24, 2.45) is 5.28 Å². The van der Waals surface area contributed by atoms with Gasteiger partial charge >= 0.3 is 5.69 Å². The Morgan fingerprint density at radius 2 is 1.67 bits per heavy atom. The average Bonchev–Trinajstić information content (AvgIpc) is 2.96. The predicted molar refractivity (Wildman–Crippen MR) is 144 cm³/mol. The molecular weight excluding hydrogens is 559 g/mol. The molecule has 4 rings (SSSR count). The fourth-order valence-electron chi connectivity index (χ4n) is 3.97. The highest BCUT2D eigenvalue weighted by Crippen LogP contribution is 2.40. The maximum absolute atomic E-state index is 14.9. The van der Waals surface area contributed by atoms with E-state index < -0.39 is 55.5 Å². The fourth-order valence-corrected chi connectivity index (χ4v) is 3.97. The lowest BCUT2D eigenvalue weighted by Gasteiger charge is -2.18. The van der Waals surface area contributed by atoms with E-state index in [1.165, 1.54) is 26.2 Å². The van der Waals surface area contributed by atoms with Crippen molar-refractivity contribution in [1.29, 1.82) is 0 Å².